The Balaban J connectivity index is 2.73. The van der Waals surface area contributed by atoms with Crippen molar-refractivity contribution in [2.45, 2.75) is 65.2 Å². The molecule has 0 aromatic heterocycles. The number of rotatable bonds is 6. The number of phenolic OH excluding ortho intramolecular Hbond substituents is 2. The van der Waals surface area contributed by atoms with E-state index in [9.17, 15) is 20.3 Å². The number of nitro benzene ring substituents is 1. The number of benzene rings is 2. The highest BCUT2D eigenvalue weighted by Crippen LogP contribution is 2.49. The summed E-state index contributed by atoms with van der Waals surface area (Å²) in [5.41, 5.74) is 0.248. The molecule has 0 saturated carbocycles. The van der Waals surface area contributed by atoms with Crippen LogP contribution in [0.3, 0.4) is 0 Å². The maximum absolute atomic E-state index is 11.5. The van der Waals surface area contributed by atoms with Crippen molar-refractivity contribution in [1.29, 1.82) is 0 Å². The van der Waals surface area contributed by atoms with Crippen LogP contribution in [0.1, 0.15) is 64.7 Å². The minimum atomic E-state index is -0.623. The number of nitro groups is 1. The van der Waals surface area contributed by atoms with Gasteiger partial charge in [-0.2, -0.15) is 0 Å². The number of halogens is 1. The Morgan fingerprint density at radius 2 is 1.50 bits per heavy atom. The quantitative estimate of drug-likeness (QED) is 0.252. The lowest BCUT2D eigenvalue weighted by molar-refractivity contribution is -0.384. The van der Waals surface area contributed by atoms with Gasteiger partial charge in [-0.05, 0) is 41.4 Å². The molecule has 0 radical (unpaired) electrons. The number of aromatic hydroxyl groups is 2. The Morgan fingerprint density at radius 3 is 1.94 bits per heavy atom. The van der Waals surface area contributed by atoms with E-state index in [2.05, 4.69) is 10.2 Å². The van der Waals surface area contributed by atoms with E-state index in [0.29, 0.717) is 29.5 Å². The van der Waals surface area contributed by atoms with Gasteiger partial charge in [0.1, 0.15) is 0 Å². The van der Waals surface area contributed by atoms with Gasteiger partial charge in [-0.25, -0.2) is 0 Å². The molecule has 9 heteroatoms. The third kappa shape index (κ3) is 5.55. The molecule has 3 N–H and O–H groups in total. The van der Waals surface area contributed by atoms with Gasteiger partial charge in [-0.1, -0.05) is 53.1 Å². The average Bonchev–Trinajstić information content (AvgIpc) is 2.65. The molecule has 2 aromatic carbocycles. The van der Waals surface area contributed by atoms with Gasteiger partial charge < -0.3 is 15.3 Å². The summed E-state index contributed by atoms with van der Waals surface area (Å²) < 4.78 is 0. The summed E-state index contributed by atoms with van der Waals surface area (Å²) in [7, 11) is 0. The molecule has 0 amide bonds. The summed E-state index contributed by atoms with van der Waals surface area (Å²) in [5.74, 6) is -0.465. The maximum Gasteiger partial charge on any atom is 0.298 e. The lowest BCUT2D eigenvalue weighted by atomic mass is 9.79. The molecule has 2 aromatic rings. The summed E-state index contributed by atoms with van der Waals surface area (Å²) in [4.78, 5) is 10.9. The fourth-order valence-electron chi connectivity index (χ4n) is 3.27. The van der Waals surface area contributed by atoms with Gasteiger partial charge in [0.2, 0.25) is 0 Å². The second-order valence-electron chi connectivity index (χ2n) is 9.73. The van der Waals surface area contributed by atoms with Crippen molar-refractivity contribution in [3.8, 4) is 11.5 Å². The zero-order valence-electron chi connectivity index (χ0n) is 19.2. The Bertz CT molecular complexity index is 1020. The molecule has 0 bridgehead atoms. The Morgan fingerprint density at radius 1 is 0.969 bits per heavy atom. The van der Waals surface area contributed by atoms with Crippen molar-refractivity contribution < 1.29 is 20.2 Å². The van der Waals surface area contributed by atoms with Crippen LogP contribution in [0.5, 0.6) is 11.5 Å². The molecule has 0 aliphatic rings. The number of hydrogen-bond donors (Lipinski definition) is 3. The van der Waals surface area contributed by atoms with Crippen LogP contribution < -0.4 is 0 Å². The van der Waals surface area contributed by atoms with Crippen LogP contribution in [0.4, 0.5) is 17.1 Å². The molecule has 0 aliphatic carbocycles. The zero-order valence-corrected chi connectivity index (χ0v) is 20.0. The van der Waals surface area contributed by atoms with Crippen LogP contribution in [0, 0.1) is 10.1 Å². The molecular weight excluding hydrogens is 434 g/mol. The monoisotopic (exact) mass is 463 g/mol. The van der Waals surface area contributed by atoms with Crippen molar-refractivity contribution >= 4 is 28.7 Å². The highest BCUT2D eigenvalue weighted by atomic mass is 35.5. The van der Waals surface area contributed by atoms with Crippen molar-refractivity contribution in [2.75, 3.05) is 6.61 Å². The van der Waals surface area contributed by atoms with E-state index < -0.39 is 15.8 Å². The van der Waals surface area contributed by atoms with Crippen LogP contribution in [-0.4, -0.2) is 26.8 Å². The Kier molecular flexibility index (Phi) is 7.52. The van der Waals surface area contributed by atoms with E-state index >= 15 is 0 Å². The van der Waals surface area contributed by atoms with Crippen LogP contribution in [0.25, 0.3) is 0 Å². The van der Waals surface area contributed by atoms with E-state index in [1.807, 2.05) is 41.5 Å². The van der Waals surface area contributed by atoms with Crippen LogP contribution in [0.2, 0.25) is 5.02 Å². The molecule has 32 heavy (non-hydrogen) atoms. The number of aliphatic hydroxyl groups excluding tert-OH is 1. The largest absolute Gasteiger partial charge is 0.505 e. The standard InChI is InChI=1S/C23H30ClN3O5/c1-22(2,3)14-11-15(23(4,5)6)21(30)19(20(14)29)26-25-17-10-13(8-7-9-28)16(24)12-18(17)27(31)32/h10-12,28-30H,7-9H2,1-6H3. The first-order chi connectivity index (χ1) is 14.7. The van der Waals surface area contributed by atoms with Crippen molar-refractivity contribution in [2.24, 2.45) is 10.2 Å². The van der Waals surface area contributed by atoms with Gasteiger partial charge >= 0.3 is 0 Å². The molecule has 0 atom stereocenters. The number of hydrogen-bond acceptors (Lipinski definition) is 7. The van der Waals surface area contributed by atoms with Crippen molar-refractivity contribution in [3.63, 3.8) is 0 Å². The van der Waals surface area contributed by atoms with Gasteiger partial charge in [-0.15, -0.1) is 10.2 Å². The third-order valence-corrected chi connectivity index (χ3v) is 5.42. The molecule has 8 nitrogen and oxygen atoms in total. The third-order valence-electron chi connectivity index (χ3n) is 5.07. The number of azo groups is 1. The smallest absolute Gasteiger partial charge is 0.298 e. The number of aryl methyl sites for hydroxylation is 1. The fourth-order valence-corrected chi connectivity index (χ4v) is 3.52. The first-order valence-corrected chi connectivity index (χ1v) is 10.7. The summed E-state index contributed by atoms with van der Waals surface area (Å²) in [6, 6.07) is 4.38. The first-order valence-electron chi connectivity index (χ1n) is 10.3. The Hall–Kier alpha value is -2.71. The number of aliphatic hydroxyl groups is 1. The van der Waals surface area contributed by atoms with E-state index in [1.54, 1.807) is 6.07 Å². The lowest BCUT2D eigenvalue weighted by Gasteiger charge is -2.27. The molecule has 0 saturated heterocycles. The molecule has 0 aliphatic heterocycles. The molecule has 0 unspecified atom stereocenters. The SMILES string of the molecule is CC(C)(C)c1cc(C(C)(C)C)c(O)c(N=Nc2cc(CCCO)c(Cl)cc2[N+](=O)[O-])c1O. The Labute approximate surface area is 192 Å². The highest BCUT2D eigenvalue weighted by molar-refractivity contribution is 6.31. The number of nitrogens with zero attached hydrogens (tertiary/aromatic N) is 3. The van der Waals surface area contributed by atoms with Crippen molar-refractivity contribution in [3.05, 3.63) is 50.0 Å². The molecule has 174 valence electrons. The molecule has 0 heterocycles. The zero-order chi connectivity index (χ0) is 24.4. The minimum Gasteiger partial charge on any atom is -0.505 e. The molecule has 0 fully saturated rings. The predicted molar refractivity (Wildman–Crippen MR) is 125 cm³/mol. The van der Waals surface area contributed by atoms with E-state index in [4.69, 9.17) is 16.7 Å². The highest BCUT2D eigenvalue weighted by Gasteiger charge is 2.29. The van der Waals surface area contributed by atoms with Gasteiger partial charge in [0.25, 0.3) is 5.69 Å². The van der Waals surface area contributed by atoms with E-state index in [-0.39, 0.29) is 40.2 Å². The normalized spacial score (nSPS) is 12.5. The number of phenols is 2. The van der Waals surface area contributed by atoms with Gasteiger partial charge in [0.05, 0.1) is 9.95 Å². The molecular formula is C23H30ClN3O5. The van der Waals surface area contributed by atoms with Gasteiger partial charge in [-0.3, -0.25) is 10.1 Å². The fraction of sp³-hybridized carbons (Fsp3) is 0.478. The van der Waals surface area contributed by atoms with Crippen LogP contribution in [0.15, 0.2) is 28.4 Å². The second kappa shape index (κ2) is 9.42. The summed E-state index contributed by atoms with van der Waals surface area (Å²) in [5, 5.41) is 50.6. The molecule has 0 spiro atoms. The summed E-state index contributed by atoms with van der Waals surface area (Å²) >= 11 is 6.15. The minimum absolute atomic E-state index is 0.0545. The van der Waals surface area contributed by atoms with Gasteiger partial charge in [0.15, 0.2) is 22.9 Å². The van der Waals surface area contributed by atoms with Crippen molar-refractivity contribution in [1.82, 2.24) is 0 Å². The summed E-state index contributed by atoms with van der Waals surface area (Å²) in [6.45, 7) is 11.5. The second-order valence-corrected chi connectivity index (χ2v) is 10.1. The average molecular weight is 464 g/mol. The lowest BCUT2D eigenvalue weighted by Crippen LogP contribution is -2.16. The maximum atomic E-state index is 11.5. The molecule has 2 rings (SSSR count). The van der Waals surface area contributed by atoms with Crippen LogP contribution in [-0.2, 0) is 17.3 Å². The van der Waals surface area contributed by atoms with E-state index in [0.717, 1.165) is 0 Å². The predicted octanol–water partition coefficient (Wildman–Crippen LogP) is 6.59. The first kappa shape index (κ1) is 25.5. The van der Waals surface area contributed by atoms with Gasteiger partial charge in [0, 0.05) is 23.8 Å². The summed E-state index contributed by atoms with van der Waals surface area (Å²) in [6.07, 6.45) is 0.832. The topological polar surface area (TPSA) is 129 Å². The van der Waals surface area contributed by atoms with Crippen LogP contribution >= 0.6 is 11.6 Å². The van der Waals surface area contributed by atoms with E-state index in [1.165, 1.54) is 12.1 Å².